The zero-order valence-electron chi connectivity index (χ0n) is 12.6. The number of carbonyl (C=O) groups is 1. The second-order valence-electron chi connectivity index (χ2n) is 6.35. The summed E-state index contributed by atoms with van der Waals surface area (Å²) in [5, 5.41) is 13.1. The van der Waals surface area contributed by atoms with Gasteiger partial charge in [0.15, 0.2) is 12.1 Å². The molecule has 0 spiro atoms. The highest BCUT2D eigenvalue weighted by Gasteiger charge is 2.55. The highest BCUT2D eigenvalue weighted by molar-refractivity contribution is 5.80. The summed E-state index contributed by atoms with van der Waals surface area (Å²) in [5.74, 6) is -0.597. The number of aliphatic hydroxyl groups excluding tert-OH is 1. The molecule has 2 N–H and O–H groups in total. The van der Waals surface area contributed by atoms with Crippen LogP contribution >= 0.6 is 0 Å². The Kier molecular flexibility index (Phi) is 3.96. The van der Waals surface area contributed by atoms with E-state index in [1.54, 1.807) is 13.8 Å². The van der Waals surface area contributed by atoms with Gasteiger partial charge in [-0.05, 0) is 26.7 Å². The molecule has 1 aliphatic carbocycles. The van der Waals surface area contributed by atoms with Crippen LogP contribution in [0, 0.1) is 5.92 Å². The SMILES string of the molecule is CO[C@@H]1O[C@H](CNC(=O)C2CC2)[C@@H]2OC(C)(C)O[C@@H]2[C@H]1O. The summed E-state index contributed by atoms with van der Waals surface area (Å²) in [6.07, 6.45) is -1.16. The third-order valence-corrected chi connectivity index (χ3v) is 4.11. The van der Waals surface area contributed by atoms with Crippen LogP contribution in [0.4, 0.5) is 0 Å². The van der Waals surface area contributed by atoms with Gasteiger partial charge in [-0.3, -0.25) is 4.79 Å². The lowest BCUT2D eigenvalue weighted by molar-refractivity contribution is -0.267. The Labute approximate surface area is 123 Å². The maximum Gasteiger partial charge on any atom is 0.223 e. The zero-order valence-corrected chi connectivity index (χ0v) is 12.6. The first-order chi connectivity index (χ1) is 9.91. The van der Waals surface area contributed by atoms with Crippen LogP contribution in [0.5, 0.6) is 0 Å². The van der Waals surface area contributed by atoms with Gasteiger partial charge >= 0.3 is 0 Å². The third kappa shape index (κ3) is 3.07. The molecule has 7 heteroatoms. The van der Waals surface area contributed by atoms with Crippen molar-refractivity contribution < 1.29 is 28.8 Å². The van der Waals surface area contributed by atoms with Crippen LogP contribution in [0.25, 0.3) is 0 Å². The lowest BCUT2D eigenvalue weighted by Crippen LogP contribution is -2.59. The number of rotatable bonds is 4. The Balaban J connectivity index is 1.67. The van der Waals surface area contributed by atoms with E-state index in [0.29, 0.717) is 6.54 Å². The fraction of sp³-hybridized carbons (Fsp3) is 0.929. The lowest BCUT2D eigenvalue weighted by Gasteiger charge is -2.39. The van der Waals surface area contributed by atoms with Crippen molar-refractivity contribution in [3.8, 4) is 0 Å². The molecular formula is C14H23NO6. The van der Waals surface area contributed by atoms with Gasteiger partial charge in [0, 0.05) is 19.6 Å². The molecule has 0 aromatic heterocycles. The van der Waals surface area contributed by atoms with E-state index < -0.39 is 36.5 Å². The molecule has 2 aliphatic heterocycles. The van der Waals surface area contributed by atoms with Crippen LogP contribution in [0.1, 0.15) is 26.7 Å². The average molecular weight is 301 g/mol. The van der Waals surface area contributed by atoms with Gasteiger partial charge in [0.2, 0.25) is 5.91 Å². The van der Waals surface area contributed by atoms with Gasteiger partial charge in [0.05, 0.1) is 0 Å². The number of amides is 1. The Bertz CT molecular complexity index is 410. The lowest BCUT2D eigenvalue weighted by atomic mass is 9.99. The third-order valence-electron chi connectivity index (χ3n) is 4.11. The molecule has 120 valence electrons. The Hall–Kier alpha value is -0.730. The van der Waals surface area contributed by atoms with E-state index >= 15 is 0 Å². The molecular weight excluding hydrogens is 278 g/mol. The number of aliphatic hydroxyl groups is 1. The van der Waals surface area contributed by atoms with E-state index in [2.05, 4.69) is 5.32 Å². The molecule has 0 bridgehead atoms. The predicted molar refractivity (Wildman–Crippen MR) is 71.2 cm³/mol. The van der Waals surface area contributed by atoms with Crippen molar-refractivity contribution in [2.24, 2.45) is 5.92 Å². The smallest absolute Gasteiger partial charge is 0.223 e. The molecule has 1 amide bonds. The van der Waals surface area contributed by atoms with Crippen LogP contribution in [-0.4, -0.2) is 61.2 Å². The van der Waals surface area contributed by atoms with Crippen LogP contribution in [0.2, 0.25) is 0 Å². The summed E-state index contributed by atoms with van der Waals surface area (Å²) in [4.78, 5) is 11.8. The topological polar surface area (TPSA) is 86.3 Å². The normalized spacial score (nSPS) is 41.6. The first-order valence-electron chi connectivity index (χ1n) is 7.41. The van der Waals surface area contributed by atoms with Crippen molar-refractivity contribution in [1.29, 1.82) is 0 Å². The minimum atomic E-state index is -0.919. The van der Waals surface area contributed by atoms with E-state index in [-0.39, 0.29) is 11.8 Å². The molecule has 21 heavy (non-hydrogen) atoms. The first kappa shape index (κ1) is 15.2. The summed E-state index contributed by atoms with van der Waals surface area (Å²) in [6, 6.07) is 0. The van der Waals surface area contributed by atoms with Crippen molar-refractivity contribution in [2.45, 2.75) is 63.2 Å². The monoisotopic (exact) mass is 301 g/mol. The molecule has 0 radical (unpaired) electrons. The van der Waals surface area contributed by atoms with Gasteiger partial charge in [0.1, 0.15) is 24.4 Å². The minimum Gasteiger partial charge on any atom is -0.385 e. The van der Waals surface area contributed by atoms with Gasteiger partial charge in [-0.1, -0.05) is 0 Å². The van der Waals surface area contributed by atoms with Gasteiger partial charge in [-0.25, -0.2) is 0 Å². The zero-order chi connectivity index (χ0) is 15.2. The Morgan fingerprint density at radius 2 is 2.00 bits per heavy atom. The highest BCUT2D eigenvalue weighted by Crippen LogP contribution is 2.37. The summed E-state index contributed by atoms with van der Waals surface area (Å²) in [5.41, 5.74) is 0. The highest BCUT2D eigenvalue weighted by atomic mass is 16.8. The molecule has 1 saturated carbocycles. The van der Waals surface area contributed by atoms with Crippen molar-refractivity contribution in [1.82, 2.24) is 5.32 Å². The Morgan fingerprint density at radius 3 is 2.62 bits per heavy atom. The van der Waals surface area contributed by atoms with E-state index in [9.17, 15) is 9.90 Å². The standard InChI is InChI=1S/C14H23NO6/c1-14(2)20-10-8(6-15-12(17)7-4-5-7)19-13(18-3)9(16)11(10)21-14/h7-11,13,16H,4-6H2,1-3H3,(H,15,17)/t8-,9-,10+,11-,13-/m1/s1. The quantitative estimate of drug-likeness (QED) is 0.746. The molecule has 0 aromatic carbocycles. The largest absolute Gasteiger partial charge is 0.385 e. The minimum absolute atomic E-state index is 0.0495. The Morgan fingerprint density at radius 1 is 1.33 bits per heavy atom. The summed E-state index contributed by atoms with van der Waals surface area (Å²) in [6.45, 7) is 3.90. The van der Waals surface area contributed by atoms with Crippen molar-refractivity contribution >= 4 is 5.91 Å². The number of carbonyl (C=O) groups excluding carboxylic acids is 1. The van der Waals surface area contributed by atoms with Gasteiger partial charge in [-0.2, -0.15) is 0 Å². The molecule has 0 aromatic rings. The predicted octanol–water partition coefficient (Wildman–Crippen LogP) is -0.235. The number of hydrogen-bond acceptors (Lipinski definition) is 6. The van der Waals surface area contributed by atoms with Crippen LogP contribution in [-0.2, 0) is 23.7 Å². The molecule has 3 fully saturated rings. The maximum atomic E-state index is 11.8. The summed E-state index contributed by atoms with van der Waals surface area (Å²) in [7, 11) is 1.47. The number of ether oxygens (including phenoxy) is 4. The fourth-order valence-corrected chi connectivity index (χ4v) is 2.90. The van der Waals surface area contributed by atoms with E-state index in [1.807, 2.05) is 0 Å². The van der Waals surface area contributed by atoms with Crippen molar-refractivity contribution in [2.75, 3.05) is 13.7 Å². The molecule has 5 atom stereocenters. The fourth-order valence-electron chi connectivity index (χ4n) is 2.90. The number of methoxy groups -OCH3 is 1. The number of nitrogens with one attached hydrogen (secondary N) is 1. The number of hydrogen-bond donors (Lipinski definition) is 2. The molecule has 0 unspecified atom stereocenters. The molecule has 7 nitrogen and oxygen atoms in total. The van der Waals surface area contributed by atoms with Gasteiger partial charge < -0.3 is 29.4 Å². The maximum absolute atomic E-state index is 11.8. The molecule has 2 heterocycles. The second kappa shape index (κ2) is 5.48. The summed E-state index contributed by atoms with van der Waals surface area (Å²) >= 11 is 0. The molecule has 3 rings (SSSR count). The van der Waals surface area contributed by atoms with Crippen LogP contribution in [0.15, 0.2) is 0 Å². The first-order valence-corrected chi connectivity index (χ1v) is 7.41. The summed E-state index contributed by atoms with van der Waals surface area (Å²) < 4.78 is 22.4. The van der Waals surface area contributed by atoms with Gasteiger partial charge in [0.25, 0.3) is 0 Å². The number of fused-ring (bicyclic) bond motifs is 1. The average Bonchev–Trinajstić information content (AvgIpc) is 3.21. The van der Waals surface area contributed by atoms with Crippen molar-refractivity contribution in [3.05, 3.63) is 0 Å². The van der Waals surface area contributed by atoms with Crippen molar-refractivity contribution in [3.63, 3.8) is 0 Å². The van der Waals surface area contributed by atoms with Crippen LogP contribution in [0.3, 0.4) is 0 Å². The van der Waals surface area contributed by atoms with E-state index in [0.717, 1.165) is 12.8 Å². The van der Waals surface area contributed by atoms with Gasteiger partial charge in [-0.15, -0.1) is 0 Å². The molecule has 3 aliphatic rings. The molecule has 2 saturated heterocycles. The van der Waals surface area contributed by atoms with E-state index in [4.69, 9.17) is 18.9 Å². The second-order valence-corrected chi connectivity index (χ2v) is 6.35. The van der Waals surface area contributed by atoms with Crippen LogP contribution < -0.4 is 5.32 Å². The van der Waals surface area contributed by atoms with E-state index in [1.165, 1.54) is 7.11 Å².